The van der Waals surface area contributed by atoms with E-state index >= 15 is 0 Å². The van der Waals surface area contributed by atoms with Crippen LogP contribution < -0.4 is 5.32 Å². The van der Waals surface area contributed by atoms with E-state index in [4.69, 9.17) is 23.7 Å². The summed E-state index contributed by atoms with van der Waals surface area (Å²) >= 11 is 0. The number of piperidine rings is 1. The van der Waals surface area contributed by atoms with Gasteiger partial charge in [-0.15, -0.1) is 6.58 Å². The van der Waals surface area contributed by atoms with Crippen molar-refractivity contribution in [1.82, 2.24) is 9.47 Å². The minimum Gasteiger partial charge on any atom is -0.456 e. The van der Waals surface area contributed by atoms with Crippen molar-refractivity contribution < 1.29 is 53.1 Å². The first-order valence-electron chi connectivity index (χ1n) is 26.1. The molecule has 388 valence electrons. The average Bonchev–Trinajstić information content (AvgIpc) is 3.74. The molecule has 14 atom stereocenters. The molecule has 1 aromatic heterocycles. The van der Waals surface area contributed by atoms with E-state index in [0.717, 1.165) is 37.1 Å². The van der Waals surface area contributed by atoms with Gasteiger partial charge in [-0.3, -0.25) is 14.4 Å². The van der Waals surface area contributed by atoms with Gasteiger partial charge in [0.15, 0.2) is 0 Å². The number of ketones is 2. The van der Waals surface area contributed by atoms with Gasteiger partial charge in [0.05, 0.1) is 30.5 Å². The normalized spacial score (nSPS) is 35.6. The standard InChI is InChI=1S/C56H83N3O11/c1-11-16-41-27-34(4)26-35(5)28-49(66-9)52-50(67-10)30-37(7)56(65,70-52)53(62)54(63)59-24-15-14-17-45(59)55(64)69-51(38(8)46(60)33-47(41)61)36(6)29-39-18-20-43(48(31-39)68-13-3)57-42-19-21-44-40(32-42)22-25-58(44)23-12-2/h11,19,21-22,25,27,29,32,35,37-39,41,43,45-46,48-52,57,60,65H,1,12-18,20,23-24,26,28,30-31,33H2,2-10H3/b34-27+,36-29?. The van der Waals surface area contributed by atoms with Crippen LogP contribution in [-0.4, -0.2) is 125 Å². The number of cyclic esters (lactones) is 1. The molecule has 3 aliphatic heterocycles. The van der Waals surface area contributed by atoms with E-state index in [2.05, 4.69) is 66.8 Å². The maximum Gasteiger partial charge on any atom is 0.329 e. The highest BCUT2D eigenvalue weighted by Gasteiger charge is 2.56. The number of hydrogen-bond acceptors (Lipinski definition) is 12. The van der Waals surface area contributed by atoms with Crippen LogP contribution in [0.3, 0.4) is 0 Å². The fourth-order valence-electron chi connectivity index (χ4n) is 11.7. The monoisotopic (exact) mass is 974 g/mol. The van der Waals surface area contributed by atoms with Gasteiger partial charge in [-0.25, -0.2) is 4.79 Å². The van der Waals surface area contributed by atoms with E-state index in [-0.39, 0.29) is 55.6 Å². The van der Waals surface area contributed by atoms with Crippen molar-refractivity contribution >= 4 is 40.0 Å². The molecule has 2 aromatic rings. The minimum atomic E-state index is -2.52. The van der Waals surface area contributed by atoms with Crippen LogP contribution in [0.5, 0.6) is 0 Å². The Hall–Kier alpha value is -4.18. The maximum atomic E-state index is 14.7. The lowest BCUT2D eigenvalue weighted by Gasteiger charge is -2.47. The topological polar surface area (TPSA) is 175 Å². The summed E-state index contributed by atoms with van der Waals surface area (Å²) in [5.74, 6) is -7.64. The van der Waals surface area contributed by atoms with Crippen molar-refractivity contribution in [3.8, 4) is 0 Å². The Bertz CT molecular complexity index is 2180. The Morgan fingerprint density at radius 1 is 0.971 bits per heavy atom. The summed E-state index contributed by atoms with van der Waals surface area (Å²) in [6.45, 7) is 19.1. The first kappa shape index (κ1) is 55.1. The summed E-state index contributed by atoms with van der Waals surface area (Å²) < 4.78 is 33.3. The smallest absolute Gasteiger partial charge is 0.329 e. The van der Waals surface area contributed by atoms with Crippen LogP contribution in [0.4, 0.5) is 5.69 Å². The number of aliphatic hydroxyl groups is 2. The number of benzene rings is 1. The number of ether oxygens (including phenoxy) is 5. The van der Waals surface area contributed by atoms with E-state index in [0.29, 0.717) is 50.7 Å². The van der Waals surface area contributed by atoms with Gasteiger partial charge in [-0.2, -0.15) is 0 Å². The molecule has 14 nitrogen and oxygen atoms in total. The van der Waals surface area contributed by atoms with E-state index in [1.807, 2.05) is 26.8 Å². The molecule has 1 aromatic carbocycles. The number of aryl methyl sites for hydroxylation is 1. The SMILES string of the molecule is C=CCC1/C=C(\C)CC(C)CC(OC)C2OC(O)(C(=O)C(=O)N3CCCCC3C(=O)OC(C(C)=CC3CCC(Nc4ccc5c(ccn5CCC)c4)C(OCC)C3)C(C)C(O)CC1=O)C(C)CC2OC. The van der Waals surface area contributed by atoms with Crippen LogP contribution in [0, 0.1) is 29.6 Å². The number of aliphatic hydroxyl groups excluding tert-OH is 1. The number of amides is 1. The number of rotatable bonds is 12. The number of hydrogen-bond donors (Lipinski definition) is 3. The lowest BCUT2D eigenvalue weighted by molar-refractivity contribution is -0.302. The number of allylic oxidation sites excluding steroid dienone is 4. The zero-order chi connectivity index (χ0) is 50.9. The van der Waals surface area contributed by atoms with Gasteiger partial charge in [0, 0.05) is 80.9 Å². The Balaban J connectivity index is 1.31. The molecule has 0 spiro atoms. The third-order valence-corrected chi connectivity index (χ3v) is 15.6. The van der Waals surface area contributed by atoms with Gasteiger partial charge in [-0.05, 0) is 133 Å². The Labute approximate surface area is 416 Å². The second-order valence-corrected chi connectivity index (χ2v) is 21.0. The molecule has 14 heteroatoms. The van der Waals surface area contributed by atoms with Crippen LogP contribution in [0.25, 0.3) is 10.9 Å². The number of nitrogens with zero attached hydrogens (tertiary/aromatic N) is 2. The fourth-order valence-corrected chi connectivity index (χ4v) is 11.7. The Morgan fingerprint density at radius 2 is 1.71 bits per heavy atom. The van der Waals surface area contributed by atoms with E-state index in [1.165, 1.54) is 22.9 Å². The molecule has 1 amide bonds. The molecule has 1 saturated carbocycles. The predicted molar refractivity (Wildman–Crippen MR) is 271 cm³/mol. The lowest BCUT2D eigenvalue weighted by atomic mass is 9.80. The van der Waals surface area contributed by atoms with Crippen molar-refractivity contribution in [2.45, 2.75) is 187 Å². The van der Waals surface area contributed by atoms with Gasteiger partial charge in [0.1, 0.15) is 24.0 Å². The van der Waals surface area contributed by atoms with Gasteiger partial charge >= 0.3 is 5.97 Å². The predicted octanol–water partition coefficient (Wildman–Crippen LogP) is 8.51. The zero-order valence-electron chi connectivity index (χ0n) is 43.4. The highest BCUT2D eigenvalue weighted by molar-refractivity contribution is 6.39. The summed E-state index contributed by atoms with van der Waals surface area (Å²) in [6, 6.07) is 7.57. The number of Topliss-reactive ketones (excluding diaryl/α,β-unsaturated/α-hetero) is 2. The molecule has 70 heavy (non-hydrogen) atoms. The molecule has 14 unspecified atom stereocenters. The number of fused-ring (bicyclic) bond motifs is 4. The largest absolute Gasteiger partial charge is 0.456 e. The fraction of sp³-hybridized carbons (Fsp3) is 0.679. The molecule has 1 aliphatic carbocycles. The van der Waals surface area contributed by atoms with Crippen LogP contribution in [-0.2, 0) is 49.4 Å². The van der Waals surface area contributed by atoms with E-state index < -0.39 is 77.8 Å². The number of carbonyl (C=O) groups is 4. The van der Waals surface area contributed by atoms with Crippen molar-refractivity contribution in [1.29, 1.82) is 0 Å². The summed E-state index contributed by atoms with van der Waals surface area (Å²) in [6.07, 6.45) is 9.80. The number of aromatic nitrogens is 1. The quantitative estimate of drug-likeness (QED) is 0.105. The molecular weight excluding hydrogens is 891 g/mol. The number of esters is 1. The highest BCUT2D eigenvalue weighted by atomic mass is 16.7. The van der Waals surface area contributed by atoms with E-state index in [1.54, 1.807) is 27.0 Å². The van der Waals surface area contributed by atoms with Crippen molar-refractivity contribution in [2.24, 2.45) is 29.6 Å². The molecule has 0 radical (unpaired) electrons. The van der Waals surface area contributed by atoms with Crippen molar-refractivity contribution in [3.05, 3.63) is 66.4 Å². The van der Waals surface area contributed by atoms with Crippen LogP contribution >= 0.6 is 0 Å². The highest BCUT2D eigenvalue weighted by Crippen LogP contribution is 2.40. The lowest BCUT2D eigenvalue weighted by Crippen LogP contribution is -2.64. The average molecular weight is 974 g/mol. The zero-order valence-corrected chi connectivity index (χ0v) is 43.4. The molecule has 3 N–H and O–H groups in total. The Morgan fingerprint density at radius 3 is 2.41 bits per heavy atom. The number of methoxy groups -OCH3 is 2. The minimum absolute atomic E-state index is 0.00775. The summed E-state index contributed by atoms with van der Waals surface area (Å²) in [5.41, 5.74) is 3.92. The molecule has 4 heterocycles. The summed E-state index contributed by atoms with van der Waals surface area (Å²) in [5, 5.41) is 29.1. The second kappa shape index (κ2) is 25.0. The number of nitrogens with one attached hydrogen (secondary N) is 1. The first-order valence-corrected chi connectivity index (χ1v) is 26.1. The van der Waals surface area contributed by atoms with Gasteiger partial charge < -0.3 is 48.7 Å². The third kappa shape index (κ3) is 12.9. The maximum absolute atomic E-state index is 14.7. The number of anilines is 1. The molecular formula is C56H83N3O11. The molecule has 4 aliphatic rings. The first-order chi connectivity index (χ1) is 33.5. The molecule has 6 rings (SSSR count). The van der Waals surface area contributed by atoms with Gasteiger partial charge in [0.2, 0.25) is 5.79 Å². The summed E-state index contributed by atoms with van der Waals surface area (Å²) in [4.78, 5) is 58.9. The summed E-state index contributed by atoms with van der Waals surface area (Å²) in [7, 11) is 3.08. The van der Waals surface area contributed by atoms with Gasteiger partial charge in [-0.1, -0.05) is 51.5 Å². The third-order valence-electron chi connectivity index (χ3n) is 15.6. The number of carbonyl (C=O) groups excluding carboxylic acids is 4. The molecule has 2 bridgehead atoms. The van der Waals surface area contributed by atoms with Crippen LogP contribution in [0.15, 0.2) is 66.4 Å². The van der Waals surface area contributed by atoms with Gasteiger partial charge in [0.25, 0.3) is 11.7 Å². The Kier molecular flexibility index (Phi) is 19.7. The van der Waals surface area contributed by atoms with Crippen molar-refractivity contribution in [3.63, 3.8) is 0 Å². The van der Waals surface area contributed by atoms with Crippen LogP contribution in [0.1, 0.15) is 126 Å². The molecule has 2 saturated heterocycles. The van der Waals surface area contributed by atoms with E-state index in [9.17, 15) is 29.4 Å². The molecule has 3 fully saturated rings. The van der Waals surface area contributed by atoms with Crippen LogP contribution in [0.2, 0.25) is 0 Å². The van der Waals surface area contributed by atoms with Crippen molar-refractivity contribution in [2.75, 3.05) is 32.7 Å². The second-order valence-electron chi connectivity index (χ2n) is 21.0.